The molecule has 1 aliphatic carbocycles. The lowest BCUT2D eigenvalue weighted by Crippen LogP contribution is -2.22. The maximum Gasteiger partial charge on any atom is 0.198 e. The zero-order valence-electron chi connectivity index (χ0n) is 15.6. The summed E-state index contributed by atoms with van der Waals surface area (Å²) < 4.78 is 0.786. The third-order valence-electron chi connectivity index (χ3n) is 5.13. The van der Waals surface area contributed by atoms with E-state index in [4.69, 9.17) is 0 Å². The first-order chi connectivity index (χ1) is 13.9. The predicted molar refractivity (Wildman–Crippen MR) is 114 cm³/mol. The fraction of sp³-hybridized carbons (Fsp3) is 0.130. The molecular weight excluding hydrogens is 434 g/mol. The van der Waals surface area contributed by atoms with Gasteiger partial charge in [-0.25, -0.2) is 0 Å². The van der Waals surface area contributed by atoms with Crippen molar-refractivity contribution in [3.63, 3.8) is 0 Å². The summed E-state index contributed by atoms with van der Waals surface area (Å²) in [5.41, 5.74) is 3.92. The van der Waals surface area contributed by atoms with Crippen LogP contribution in [-0.4, -0.2) is 28.4 Å². The van der Waals surface area contributed by atoms with Gasteiger partial charge in [0.15, 0.2) is 11.6 Å². The van der Waals surface area contributed by atoms with Crippen LogP contribution in [0, 0.1) is 6.92 Å². The van der Waals surface area contributed by atoms with E-state index in [-0.39, 0.29) is 35.0 Å². The topological polar surface area (TPSA) is 86.6 Å². The Morgan fingerprint density at radius 1 is 0.931 bits per heavy atom. The number of nitrogens with one attached hydrogen (secondary N) is 1. The molecule has 3 aromatic rings. The molecule has 0 heterocycles. The smallest absolute Gasteiger partial charge is 0.198 e. The first-order valence-electron chi connectivity index (χ1n) is 9.13. The summed E-state index contributed by atoms with van der Waals surface area (Å²) in [7, 11) is 0. The summed E-state index contributed by atoms with van der Waals surface area (Å²) in [6.45, 7) is 1.99. The monoisotopic (exact) mass is 451 g/mol. The number of hydrogen-bond acceptors (Lipinski definition) is 5. The van der Waals surface area contributed by atoms with E-state index in [1.807, 2.05) is 19.1 Å². The van der Waals surface area contributed by atoms with Crippen molar-refractivity contribution in [3.05, 3.63) is 86.4 Å². The van der Waals surface area contributed by atoms with Gasteiger partial charge in [0.05, 0.1) is 22.5 Å². The number of aromatic hydroxyl groups is 1. The van der Waals surface area contributed by atoms with Crippen molar-refractivity contribution in [2.45, 2.75) is 13.3 Å². The van der Waals surface area contributed by atoms with Crippen molar-refractivity contribution in [1.29, 1.82) is 0 Å². The van der Waals surface area contributed by atoms with E-state index in [0.717, 1.165) is 15.6 Å². The molecule has 0 atom stereocenters. The van der Waals surface area contributed by atoms with Gasteiger partial charge in [-0.15, -0.1) is 0 Å². The first-order valence-corrected chi connectivity index (χ1v) is 9.93. The highest BCUT2D eigenvalue weighted by atomic mass is 79.9. The summed E-state index contributed by atoms with van der Waals surface area (Å²) >= 11 is 3.53. The molecule has 6 heteroatoms. The van der Waals surface area contributed by atoms with Gasteiger partial charge in [-0.2, -0.15) is 0 Å². The molecule has 29 heavy (non-hydrogen) atoms. The lowest BCUT2D eigenvalue weighted by Gasteiger charge is -2.22. The van der Waals surface area contributed by atoms with Crippen LogP contribution in [0.1, 0.15) is 43.0 Å². The maximum atomic E-state index is 13.2. The van der Waals surface area contributed by atoms with Gasteiger partial charge in [0, 0.05) is 22.2 Å². The normalized spacial score (nSPS) is 12.5. The number of aliphatic hydroxyl groups excluding tert-OH is 1. The van der Waals surface area contributed by atoms with Gasteiger partial charge in [0.25, 0.3) is 0 Å². The molecule has 0 aliphatic heterocycles. The molecule has 0 aromatic heterocycles. The van der Waals surface area contributed by atoms with Crippen LogP contribution in [0.25, 0.3) is 0 Å². The molecule has 5 nitrogen and oxygen atoms in total. The number of anilines is 2. The van der Waals surface area contributed by atoms with Crippen molar-refractivity contribution in [2.75, 3.05) is 11.9 Å². The molecule has 0 fully saturated rings. The second kappa shape index (κ2) is 7.46. The van der Waals surface area contributed by atoms with E-state index in [9.17, 15) is 19.8 Å². The van der Waals surface area contributed by atoms with Crippen LogP contribution in [0.2, 0.25) is 0 Å². The van der Waals surface area contributed by atoms with Gasteiger partial charge >= 0.3 is 0 Å². The van der Waals surface area contributed by atoms with Crippen molar-refractivity contribution >= 4 is 38.9 Å². The molecule has 0 unspecified atom stereocenters. The van der Waals surface area contributed by atoms with E-state index >= 15 is 0 Å². The minimum atomic E-state index is -0.375. The molecule has 0 saturated heterocycles. The van der Waals surface area contributed by atoms with Crippen LogP contribution in [0.3, 0.4) is 0 Å². The number of ketones is 2. The molecule has 0 amide bonds. The van der Waals surface area contributed by atoms with Gasteiger partial charge in [-0.05, 0) is 64.7 Å². The van der Waals surface area contributed by atoms with Gasteiger partial charge in [-0.1, -0.05) is 24.3 Å². The third-order valence-corrected chi connectivity index (χ3v) is 5.79. The Kier molecular flexibility index (Phi) is 4.98. The SMILES string of the molecule is Cc1cc(Br)c(Nc2ccc(O)c3c2C(=O)c2ccccc2C3=O)cc1CCO. The van der Waals surface area contributed by atoms with E-state index in [1.54, 1.807) is 30.3 Å². The number of carbonyl (C=O) groups is 2. The summed E-state index contributed by atoms with van der Waals surface area (Å²) in [5, 5.41) is 22.8. The number of fused-ring (bicyclic) bond motifs is 2. The molecule has 146 valence electrons. The quantitative estimate of drug-likeness (QED) is 0.397. The largest absolute Gasteiger partial charge is 0.507 e. The lowest BCUT2D eigenvalue weighted by atomic mass is 9.82. The fourth-order valence-electron chi connectivity index (χ4n) is 3.66. The maximum absolute atomic E-state index is 13.2. The predicted octanol–water partition coefficient (Wildman–Crippen LogP) is 4.52. The lowest BCUT2D eigenvalue weighted by molar-refractivity contribution is 0.0977. The Morgan fingerprint density at radius 3 is 2.24 bits per heavy atom. The molecule has 0 bridgehead atoms. The molecule has 0 spiro atoms. The van der Waals surface area contributed by atoms with Crippen LogP contribution >= 0.6 is 15.9 Å². The van der Waals surface area contributed by atoms with Crippen molar-refractivity contribution in [3.8, 4) is 5.75 Å². The average Bonchev–Trinajstić information content (AvgIpc) is 2.71. The van der Waals surface area contributed by atoms with Crippen LogP contribution in [-0.2, 0) is 6.42 Å². The minimum Gasteiger partial charge on any atom is -0.507 e. The molecule has 4 rings (SSSR count). The summed E-state index contributed by atoms with van der Waals surface area (Å²) in [6, 6.07) is 13.5. The Bertz CT molecular complexity index is 1170. The molecule has 3 N–H and O–H groups in total. The second-order valence-corrected chi connectivity index (χ2v) is 7.80. The van der Waals surface area contributed by atoms with Crippen LogP contribution in [0.15, 0.2) is 53.0 Å². The molecule has 0 radical (unpaired) electrons. The molecule has 1 aliphatic rings. The zero-order chi connectivity index (χ0) is 20.7. The molecule has 3 aromatic carbocycles. The minimum absolute atomic E-state index is 0.0116. The molecular formula is C23H18BrNO4. The van der Waals surface area contributed by atoms with Crippen molar-refractivity contribution < 1.29 is 19.8 Å². The number of halogens is 1. The van der Waals surface area contributed by atoms with Crippen molar-refractivity contribution in [2.24, 2.45) is 0 Å². The Hall–Kier alpha value is -2.96. The van der Waals surface area contributed by atoms with Crippen molar-refractivity contribution in [1.82, 2.24) is 0 Å². The highest BCUT2D eigenvalue weighted by Crippen LogP contribution is 2.39. The number of hydrogen-bond donors (Lipinski definition) is 3. The van der Waals surface area contributed by atoms with E-state index in [0.29, 0.717) is 28.9 Å². The Balaban J connectivity index is 1.85. The summed E-state index contributed by atoms with van der Waals surface area (Å²) in [6.07, 6.45) is 0.506. The Labute approximate surface area is 176 Å². The number of phenolic OH excluding ortho intramolecular Hbond substituents is 1. The number of rotatable bonds is 4. The zero-order valence-corrected chi connectivity index (χ0v) is 17.2. The number of phenols is 1. The van der Waals surface area contributed by atoms with Gasteiger partial charge in [-0.3, -0.25) is 9.59 Å². The van der Waals surface area contributed by atoms with Crippen LogP contribution in [0.4, 0.5) is 11.4 Å². The average molecular weight is 452 g/mol. The van der Waals surface area contributed by atoms with Crippen LogP contribution < -0.4 is 5.32 Å². The number of benzene rings is 3. The second-order valence-electron chi connectivity index (χ2n) is 6.94. The fourth-order valence-corrected chi connectivity index (χ4v) is 4.22. The molecule has 0 saturated carbocycles. The van der Waals surface area contributed by atoms with Crippen LogP contribution in [0.5, 0.6) is 5.75 Å². The van der Waals surface area contributed by atoms with Gasteiger partial charge in [0.1, 0.15) is 5.75 Å². The highest BCUT2D eigenvalue weighted by molar-refractivity contribution is 9.10. The summed E-state index contributed by atoms with van der Waals surface area (Å²) in [5.74, 6) is -0.907. The van der Waals surface area contributed by atoms with E-state index in [1.165, 1.54) is 6.07 Å². The van der Waals surface area contributed by atoms with Gasteiger partial charge in [0.2, 0.25) is 0 Å². The summed E-state index contributed by atoms with van der Waals surface area (Å²) in [4.78, 5) is 26.1. The number of carbonyl (C=O) groups excluding carboxylic acids is 2. The highest BCUT2D eigenvalue weighted by Gasteiger charge is 2.34. The van der Waals surface area contributed by atoms with E-state index < -0.39 is 0 Å². The first kappa shape index (κ1) is 19.4. The number of aliphatic hydroxyl groups is 1. The third kappa shape index (κ3) is 3.24. The van der Waals surface area contributed by atoms with Gasteiger partial charge < -0.3 is 15.5 Å². The van der Waals surface area contributed by atoms with E-state index in [2.05, 4.69) is 21.2 Å². The Morgan fingerprint density at radius 2 is 1.59 bits per heavy atom. The standard InChI is InChI=1S/C23H18BrNO4/c1-12-10-16(24)18(11-13(12)8-9-26)25-17-6-7-19(27)21-20(17)22(28)14-4-2-3-5-15(14)23(21)29/h2-7,10-11,25-27H,8-9H2,1H3. The number of aryl methyl sites for hydroxylation is 1.